The number of methoxy groups -OCH3 is 1. The van der Waals surface area contributed by atoms with Crippen molar-refractivity contribution in [2.24, 2.45) is 0 Å². The SMILES string of the molecule is COc1c(C2CCCCN2C)c(O)cc2oc(-c3ccccc3)cc(=O)c12. The molecule has 1 atom stereocenters. The van der Waals surface area contributed by atoms with Gasteiger partial charge in [0.1, 0.15) is 28.2 Å². The number of ether oxygens (including phenoxy) is 1. The molecule has 4 rings (SSSR count). The Balaban J connectivity index is 1.94. The van der Waals surface area contributed by atoms with Crippen LogP contribution in [-0.4, -0.2) is 30.7 Å². The molecule has 1 aliphatic rings. The van der Waals surface area contributed by atoms with Gasteiger partial charge >= 0.3 is 0 Å². The van der Waals surface area contributed by atoms with E-state index in [0.717, 1.165) is 31.4 Å². The number of phenols is 1. The van der Waals surface area contributed by atoms with Gasteiger partial charge in [-0.2, -0.15) is 0 Å². The standard InChI is InChI=1S/C22H23NO4/c1-23-11-7-6-10-15(23)20-16(24)13-19-21(22(20)26-2)17(25)12-18(27-19)14-8-4-3-5-9-14/h3-5,8-9,12-13,15,24H,6-7,10-11H2,1-2H3. The quantitative estimate of drug-likeness (QED) is 0.748. The van der Waals surface area contributed by atoms with E-state index < -0.39 is 0 Å². The first-order valence-electron chi connectivity index (χ1n) is 9.23. The van der Waals surface area contributed by atoms with Crippen LogP contribution in [0.2, 0.25) is 0 Å². The van der Waals surface area contributed by atoms with Gasteiger partial charge in [0.2, 0.25) is 0 Å². The third-order valence-electron chi connectivity index (χ3n) is 5.36. The summed E-state index contributed by atoms with van der Waals surface area (Å²) >= 11 is 0. The molecular formula is C22H23NO4. The second-order valence-corrected chi connectivity index (χ2v) is 7.05. The summed E-state index contributed by atoms with van der Waals surface area (Å²) in [5, 5.41) is 11.2. The largest absolute Gasteiger partial charge is 0.507 e. The smallest absolute Gasteiger partial charge is 0.197 e. The molecule has 5 nitrogen and oxygen atoms in total. The fourth-order valence-corrected chi connectivity index (χ4v) is 4.01. The first-order valence-corrected chi connectivity index (χ1v) is 9.23. The zero-order chi connectivity index (χ0) is 19.0. The maximum Gasteiger partial charge on any atom is 0.197 e. The number of phenolic OH excluding ortho intramolecular Hbond substituents is 1. The molecule has 0 saturated carbocycles. The van der Waals surface area contributed by atoms with Crippen LogP contribution in [0.5, 0.6) is 11.5 Å². The Bertz CT molecular complexity index is 1030. The summed E-state index contributed by atoms with van der Waals surface area (Å²) in [5.74, 6) is 0.987. The molecule has 0 radical (unpaired) electrons. The monoisotopic (exact) mass is 365 g/mol. The van der Waals surface area contributed by atoms with Gasteiger partial charge in [0.15, 0.2) is 5.43 Å². The molecule has 1 saturated heterocycles. The average Bonchev–Trinajstić information content (AvgIpc) is 2.68. The van der Waals surface area contributed by atoms with E-state index in [1.807, 2.05) is 37.4 Å². The summed E-state index contributed by atoms with van der Waals surface area (Å²) < 4.78 is 11.6. The van der Waals surface area contributed by atoms with Crippen LogP contribution < -0.4 is 10.2 Å². The lowest BCUT2D eigenvalue weighted by Crippen LogP contribution is -2.30. The Kier molecular flexibility index (Phi) is 4.62. The molecule has 1 aliphatic heterocycles. The number of aromatic hydroxyl groups is 1. The highest BCUT2D eigenvalue weighted by molar-refractivity contribution is 5.88. The van der Waals surface area contributed by atoms with E-state index in [1.54, 1.807) is 6.07 Å². The maximum absolute atomic E-state index is 12.9. The first-order chi connectivity index (χ1) is 13.1. The second kappa shape index (κ2) is 7.08. The number of fused-ring (bicyclic) bond motifs is 1. The van der Waals surface area contributed by atoms with Gasteiger partial charge < -0.3 is 14.3 Å². The second-order valence-electron chi connectivity index (χ2n) is 7.05. The zero-order valence-electron chi connectivity index (χ0n) is 15.6. The molecule has 0 bridgehead atoms. The molecule has 0 amide bonds. The number of rotatable bonds is 3. The molecule has 0 aliphatic carbocycles. The van der Waals surface area contributed by atoms with Crippen molar-refractivity contribution < 1.29 is 14.3 Å². The van der Waals surface area contributed by atoms with Gasteiger partial charge in [-0.3, -0.25) is 9.69 Å². The van der Waals surface area contributed by atoms with Crippen LogP contribution in [0.4, 0.5) is 0 Å². The van der Waals surface area contributed by atoms with Crippen molar-refractivity contribution in [3.05, 3.63) is 58.3 Å². The maximum atomic E-state index is 12.9. The molecular weight excluding hydrogens is 342 g/mol. The molecule has 27 heavy (non-hydrogen) atoms. The first kappa shape index (κ1) is 17.6. The number of likely N-dealkylation sites (tertiary alicyclic amines) is 1. The van der Waals surface area contributed by atoms with Crippen LogP contribution in [0.1, 0.15) is 30.9 Å². The molecule has 3 aromatic rings. The third kappa shape index (κ3) is 3.08. The van der Waals surface area contributed by atoms with Gasteiger partial charge in [0.05, 0.1) is 12.7 Å². The molecule has 2 aromatic carbocycles. The molecule has 0 spiro atoms. The molecule has 1 fully saturated rings. The van der Waals surface area contributed by atoms with Gasteiger partial charge in [-0.15, -0.1) is 0 Å². The molecule has 1 unspecified atom stereocenters. The molecule has 1 aromatic heterocycles. The van der Waals surface area contributed by atoms with Crippen molar-refractivity contribution >= 4 is 11.0 Å². The van der Waals surface area contributed by atoms with E-state index in [0.29, 0.717) is 28.0 Å². The summed E-state index contributed by atoms with van der Waals surface area (Å²) in [6.45, 7) is 0.951. The Labute approximate surface area is 157 Å². The van der Waals surface area contributed by atoms with Gasteiger partial charge in [0.25, 0.3) is 0 Å². The fraction of sp³-hybridized carbons (Fsp3) is 0.318. The van der Waals surface area contributed by atoms with Gasteiger partial charge in [0, 0.05) is 23.7 Å². The van der Waals surface area contributed by atoms with Crippen LogP contribution in [0.15, 0.2) is 51.7 Å². The van der Waals surface area contributed by atoms with Crippen LogP contribution in [0, 0.1) is 0 Å². The van der Waals surface area contributed by atoms with Crippen molar-refractivity contribution in [1.29, 1.82) is 0 Å². The molecule has 1 N–H and O–H groups in total. The van der Waals surface area contributed by atoms with Gasteiger partial charge in [-0.25, -0.2) is 0 Å². The van der Waals surface area contributed by atoms with Crippen molar-refractivity contribution in [2.75, 3.05) is 20.7 Å². The van der Waals surface area contributed by atoms with Crippen molar-refractivity contribution in [2.45, 2.75) is 25.3 Å². The van der Waals surface area contributed by atoms with Crippen molar-refractivity contribution in [1.82, 2.24) is 4.90 Å². The lowest BCUT2D eigenvalue weighted by molar-refractivity contribution is 0.180. The third-order valence-corrected chi connectivity index (χ3v) is 5.36. The van der Waals surface area contributed by atoms with E-state index in [4.69, 9.17) is 9.15 Å². The summed E-state index contributed by atoms with van der Waals surface area (Å²) in [6.07, 6.45) is 3.13. The molecule has 2 heterocycles. The highest BCUT2D eigenvalue weighted by Gasteiger charge is 2.29. The van der Waals surface area contributed by atoms with E-state index >= 15 is 0 Å². The number of benzene rings is 2. The van der Waals surface area contributed by atoms with Crippen LogP contribution in [0.3, 0.4) is 0 Å². The Morgan fingerprint density at radius 1 is 1.19 bits per heavy atom. The lowest BCUT2D eigenvalue weighted by atomic mass is 9.93. The zero-order valence-corrected chi connectivity index (χ0v) is 15.6. The summed E-state index contributed by atoms with van der Waals surface area (Å²) in [4.78, 5) is 15.1. The van der Waals surface area contributed by atoms with Crippen LogP contribution in [0.25, 0.3) is 22.3 Å². The predicted molar refractivity (Wildman–Crippen MR) is 105 cm³/mol. The Morgan fingerprint density at radius 3 is 2.67 bits per heavy atom. The van der Waals surface area contributed by atoms with E-state index in [2.05, 4.69) is 4.90 Å². The predicted octanol–water partition coefficient (Wildman–Crippen LogP) is 4.33. The number of piperidine rings is 1. The minimum atomic E-state index is -0.174. The minimum absolute atomic E-state index is 0.0197. The Hall–Kier alpha value is -2.79. The summed E-state index contributed by atoms with van der Waals surface area (Å²) in [7, 11) is 3.57. The highest BCUT2D eigenvalue weighted by atomic mass is 16.5. The molecule has 5 heteroatoms. The number of nitrogens with zero attached hydrogens (tertiary/aromatic N) is 1. The van der Waals surface area contributed by atoms with Crippen molar-refractivity contribution in [3.8, 4) is 22.8 Å². The highest BCUT2D eigenvalue weighted by Crippen LogP contribution is 2.44. The van der Waals surface area contributed by atoms with Gasteiger partial charge in [-0.1, -0.05) is 36.8 Å². The average molecular weight is 365 g/mol. The number of hydrogen-bond donors (Lipinski definition) is 1. The van der Waals surface area contributed by atoms with Crippen LogP contribution >= 0.6 is 0 Å². The van der Waals surface area contributed by atoms with E-state index in [9.17, 15) is 9.90 Å². The Morgan fingerprint density at radius 2 is 1.96 bits per heavy atom. The lowest BCUT2D eigenvalue weighted by Gasteiger charge is -2.34. The van der Waals surface area contributed by atoms with Gasteiger partial charge in [-0.05, 0) is 26.4 Å². The summed E-state index contributed by atoms with van der Waals surface area (Å²) in [5.41, 5.74) is 1.64. The molecule has 140 valence electrons. The van der Waals surface area contributed by atoms with E-state index in [-0.39, 0.29) is 17.2 Å². The van der Waals surface area contributed by atoms with Crippen LogP contribution in [-0.2, 0) is 0 Å². The topological polar surface area (TPSA) is 62.9 Å². The normalized spacial score (nSPS) is 17.9. The minimum Gasteiger partial charge on any atom is -0.507 e. The van der Waals surface area contributed by atoms with Crippen molar-refractivity contribution in [3.63, 3.8) is 0 Å². The summed E-state index contributed by atoms with van der Waals surface area (Å²) in [6, 6.07) is 12.5. The van der Waals surface area contributed by atoms with E-state index in [1.165, 1.54) is 13.2 Å². The fourth-order valence-electron chi connectivity index (χ4n) is 4.01. The number of hydrogen-bond acceptors (Lipinski definition) is 5.